The summed E-state index contributed by atoms with van der Waals surface area (Å²) in [4.78, 5) is 10.4. The molecule has 0 radical (unpaired) electrons. The standard InChI is InChI=1S/C24H47BrO2/c1-24(2,22-25)21-19-17-15-13-11-9-7-5-3-4-6-8-10-12-14-16-18-20-23(26)27/h3-22H2,1-2H3,(H,26,27). The van der Waals surface area contributed by atoms with E-state index in [0.29, 0.717) is 11.8 Å². The highest BCUT2D eigenvalue weighted by Gasteiger charge is 2.14. The van der Waals surface area contributed by atoms with E-state index >= 15 is 0 Å². The van der Waals surface area contributed by atoms with Gasteiger partial charge in [0.15, 0.2) is 0 Å². The molecular formula is C24H47BrO2. The van der Waals surface area contributed by atoms with Crippen LogP contribution in [0.2, 0.25) is 0 Å². The third kappa shape index (κ3) is 22.1. The quantitative estimate of drug-likeness (QED) is 0.141. The van der Waals surface area contributed by atoms with Crippen LogP contribution >= 0.6 is 15.9 Å². The Morgan fingerprint density at radius 1 is 0.630 bits per heavy atom. The van der Waals surface area contributed by atoms with Crippen molar-refractivity contribution in [1.82, 2.24) is 0 Å². The number of rotatable bonds is 21. The molecule has 0 saturated heterocycles. The normalized spacial score (nSPS) is 11.8. The van der Waals surface area contributed by atoms with Crippen LogP contribution in [0.1, 0.15) is 136 Å². The van der Waals surface area contributed by atoms with Gasteiger partial charge in [0.1, 0.15) is 0 Å². The van der Waals surface area contributed by atoms with E-state index in [2.05, 4.69) is 29.8 Å². The zero-order chi connectivity index (χ0) is 20.2. The first-order chi connectivity index (χ1) is 13.0. The zero-order valence-electron chi connectivity index (χ0n) is 18.4. The minimum Gasteiger partial charge on any atom is -0.481 e. The Hall–Kier alpha value is -0.0500. The van der Waals surface area contributed by atoms with E-state index in [0.717, 1.165) is 18.2 Å². The van der Waals surface area contributed by atoms with Crippen molar-refractivity contribution in [3.63, 3.8) is 0 Å². The Labute approximate surface area is 178 Å². The number of carboxylic acid groups (broad SMARTS) is 1. The third-order valence-corrected chi connectivity index (χ3v) is 7.12. The van der Waals surface area contributed by atoms with Crippen molar-refractivity contribution < 1.29 is 9.90 Å². The van der Waals surface area contributed by atoms with Gasteiger partial charge in [-0.15, -0.1) is 0 Å². The van der Waals surface area contributed by atoms with E-state index in [1.165, 1.54) is 103 Å². The minimum atomic E-state index is -0.653. The molecule has 0 aliphatic heterocycles. The number of aliphatic carboxylic acids is 1. The molecule has 0 heterocycles. The maximum Gasteiger partial charge on any atom is 0.303 e. The highest BCUT2D eigenvalue weighted by atomic mass is 79.9. The molecule has 0 aromatic carbocycles. The van der Waals surface area contributed by atoms with Gasteiger partial charge in [0.25, 0.3) is 0 Å². The van der Waals surface area contributed by atoms with Crippen molar-refractivity contribution in [1.29, 1.82) is 0 Å². The highest BCUT2D eigenvalue weighted by Crippen LogP contribution is 2.26. The Bertz CT molecular complexity index is 328. The molecule has 0 unspecified atom stereocenters. The predicted octanol–water partition coefficient (Wildman–Crippen LogP) is 8.90. The van der Waals surface area contributed by atoms with Gasteiger partial charge in [-0.1, -0.05) is 133 Å². The molecule has 0 aromatic heterocycles. The van der Waals surface area contributed by atoms with Gasteiger partial charge in [-0.05, 0) is 18.3 Å². The summed E-state index contributed by atoms with van der Waals surface area (Å²) in [7, 11) is 0. The summed E-state index contributed by atoms with van der Waals surface area (Å²) < 4.78 is 0. The smallest absolute Gasteiger partial charge is 0.303 e. The monoisotopic (exact) mass is 446 g/mol. The number of carbonyl (C=O) groups is 1. The van der Waals surface area contributed by atoms with Gasteiger partial charge < -0.3 is 5.11 Å². The summed E-state index contributed by atoms with van der Waals surface area (Å²) in [6.07, 6.45) is 24.4. The molecule has 27 heavy (non-hydrogen) atoms. The van der Waals surface area contributed by atoms with Gasteiger partial charge in [0, 0.05) is 11.8 Å². The van der Waals surface area contributed by atoms with E-state index in [-0.39, 0.29) is 0 Å². The maximum atomic E-state index is 10.4. The maximum absolute atomic E-state index is 10.4. The van der Waals surface area contributed by atoms with E-state index in [1.807, 2.05) is 0 Å². The zero-order valence-corrected chi connectivity index (χ0v) is 20.0. The summed E-state index contributed by atoms with van der Waals surface area (Å²) in [6.45, 7) is 4.71. The molecule has 0 aliphatic carbocycles. The molecule has 0 atom stereocenters. The Morgan fingerprint density at radius 2 is 0.926 bits per heavy atom. The van der Waals surface area contributed by atoms with Crippen LogP contribution in [0.3, 0.4) is 0 Å². The van der Waals surface area contributed by atoms with Crippen LogP contribution in [0.25, 0.3) is 0 Å². The molecule has 3 heteroatoms. The van der Waals surface area contributed by atoms with Gasteiger partial charge in [0.05, 0.1) is 0 Å². The molecule has 2 nitrogen and oxygen atoms in total. The van der Waals surface area contributed by atoms with Gasteiger partial charge in [-0.25, -0.2) is 0 Å². The van der Waals surface area contributed by atoms with Gasteiger partial charge in [-0.3, -0.25) is 4.79 Å². The molecular weight excluding hydrogens is 400 g/mol. The molecule has 0 rings (SSSR count). The van der Waals surface area contributed by atoms with Crippen LogP contribution in [0.5, 0.6) is 0 Å². The largest absolute Gasteiger partial charge is 0.481 e. The van der Waals surface area contributed by atoms with Gasteiger partial charge in [0.2, 0.25) is 0 Å². The Kier molecular flexibility index (Phi) is 19.2. The molecule has 0 bridgehead atoms. The number of alkyl halides is 1. The van der Waals surface area contributed by atoms with Crippen LogP contribution in [-0.4, -0.2) is 16.4 Å². The molecule has 162 valence electrons. The Balaban J connectivity index is 3.08. The van der Waals surface area contributed by atoms with Crippen molar-refractivity contribution in [3.05, 3.63) is 0 Å². The first-order valence-corrected chi connectivity index (χ1v) is 12.9. The van der Waals surface area contributed by atoms with Crippen molar-refractivity contribution in [2.24, 2.45) is 5.41 Å². The summed E-state index contributed by atoms with van der Waals surface area (Å²) in [6, 6.07) is 0. The highest BCUT2D eigenvalue weighted by molar-refractivity contribution is 9.09. The predicted molar refractivity (Wildman–Crippen MR) is 123 cm³/mol. The second kappa shape index (κ2) is 19.3. The van der Waals surface area contributed by atoms with E-state index in [1.54, 1.807) is 0 Å². The lowest BCUT2D eigenvalue weighted by Gasteiger charge is -2.21. The second-order valence-electron chi connectivity index (χ2n) is 9.20. The molecule has 0 aliphatic rings. The number of unbranched alkanes of at least 4 members (excludes halogenated alkanes) is 16. The lowest BCUT2D eigenvalue weighted by atomic mass is 9.89. The minimum absolute atomic E-state index is 0.343. The van der Waals surface area contributed by atoms with Gasteiger partial charge >= 0.3 is 5.97 Å². The number of halogens is 1. The van der Waals surface area contributed by atoms with Gasteiger partial charge in [-0.2, -0.15) is 0 Å². The molecule has 0 fully saturated rings. The van der Waals surface area contributed by atoms with E-state index in [9.17, 15) is 4.79 Å². The third-order valence-electron chi connectivity index (χ3n) is 5.61. The first kappa shape index (κ1) is 27.0. The fraction of sp³-hybridized carbons (Fsp3) is 0.958. The van der Waals surface area contributed by atoms with Crippen LogP contribution in [0.15, 0.2) is 0 Å². The average Bonchev–Trinajstić information content (AvgIpc) is 2.63. The van der Waals surface area contributed by atoms with Crippen LogP contribution in [-0.2, 0) is 4.79 Å². The van der Waals surface area contributed by atoms with Crippen molar-refractivity contribution in [2.45, 2.75) is 136 Å². The van der Waals surface area contributed by atoms with Crippen LogP contribution < -0.4 is 0 Å². The molecule has 0 spiro atoms. The summed E-state index contributed by atoms with van der Waals surface area (Å²) >= 11 is 3.61. The number of carboxylic acids is 1. The second-order valence-corrected chi connectivity index (χ2v) is 9.76. The van der Waals surface area contributed by atoms with E-state index in [4.69, 9.17) is 5.11 Å². The van der Waals surface area contributed by atoms with Crippen molar-refractivity contribution in [3.8, 4) is 0 Å². The summed E-state index contributed by atoms with van der Waals surface area (Å²) in [5.74, 6) is -0.653. The fourth-order valence-corrected chi connectivity index (χ4v) is 3.88. The van der Waals surface area contributed by atoms with E-state index < -0.39 is 5.97 Å². The van der Waals surface area contributed by atoms with Crippen LogP contribution in [0, 0.1) is 5.41 Å². The average molecular weight is 448 g/mol. The molecule has 0 amide bonds. The van der Waals surface area contributed by atoms with Crippen molar-refractivity contribution >= 4 is 21.9 Å². The summed E-state index contributed by atoms with van der Waals surface area (Å²) in [5.41, 5.74) is 0.474. The SMILES string of the molecule is CC(C)(CBr)CCCCCCCCCCCCCCCCCCCC(=O)O. The molecule has 1 N–H and O–H groups in total. The molecule has 0 saturated carbocycles. The molecule has 0 aromatic rings. The van der Waals surface area contributed by atoms with Crippen LogP contribution in [0.4, 0.5) is 0 Å². The number of hydrogen-bond donors (Lipinski definition) is 1. The Morgan fingerprint density at radius 3 is 1.22 bits per heavy atom. The fourth-order valence-electron chi connectivity index (χ4n) is 3.60. The van der Waals surface area contributed by atoms with Crippen molar-refractivity contribution in [2.75, 3.05) is 5.33 Å². The lowest BCUT2D eigenvalue weighted by Crippen LogP contribution is -2.12. The topological polar surface area (TPSA) is 37.3 Å². The lowest BCUT2D eigenvalue weighted by molar-refractivity contribution is -0.137. The first-order valence-electron chi connectivity index (χ1n) is 11.8. The number of hydrogen-bond acceptors (Lipinski definition) is 1. The summed E-state index contributed by atoms with van der Waals surface area (Å²) in [5, 5.41) is 9.70.